The van der Waals surface area contributed by atoms with Gasteiger partial charge in [0.2, 0.25) is 11.8 Å². The number of carbonyl (C=O) groups excluding carboxylic acids is 2. The smallest absolute Gasteiger partial charge is 0.335 e. The summed E-state index contributed by atoms with van der Waals surface area (Å²) in [6.45, 7) is 0. The zero-order valence-corrected chi connectivity index (χ0v) is 12.8. The number of aromatic carboxylic acids is 1. The molecule has 0 unspecified atom stereocenters. The van der Waals surface area contributed by atoms with E-state index >= 15 is 0 Å². The molecule has 1 aliphatic heterocycles. The quantitative estimate of drug-likeness (QED) is 0.722. The van der Waals surface area contributed by atoms with Crippen LogP contribution in [0.25, 0.3) is 0 Å². The van der Waals surface area contributed by atoms with Crippen molar-refractivity contribution in [1.29, 1.82) is 0 Å². The second-order valence-electron chi connectivity index (χ2n) is 4.14. The van der Waals surface area contributed by atoms with Gasteiger partial charge < -0.3 is 15.7 Å². The van der Waals surface area contributed by atoms with Crippen LogP contribution in [0.3, 0.4) is 0 Å². The summed E-state index contributed by atoms with van der Waals surface area (Å²) in [7, 11) is 0. The molecule has 0 aliphatic carbocycles. The van der Waals surface area contributed by atoms with Crippen molar-refractivity contribution in [3.63, 3.8) is 0 Å². The fraction of sp³-hybridized carbons (Fsp3) is 0.167. The van der Waals surface area contributed by atoms with E-state index in [-0.39, 0.29) is 28.6 Å². The number of thiocarbonyl (C=S) groups is 1. The fourth-order valence-electron chi connectivity index (χ4n) is 1.65. The molecule has 9 heteroatoms. The van der Waals surface area contributed by atoms with Crippen molar-refractivity contribution < 1.29 is 19.5 Å². The number of benzene rings is 1. The van der Waals surface area contributed by atoms with E-state index in [1.165, 1.54) is 18.2 Å². The van der Waals surface area contributed by atoms with Gasteiger partial charge in [0, 0.05) is 6.42 Å². The molecule has 2 rings (SSSR count). The average molecular weight is 345 g/mol. The van der Waals surface area contributed by atoms with Gasteiger partial charge in [-0.2, -0.15) is 0 Å². The van der Waals surface area contributed by atoms with Gasteiger partial charge in [0.15, 0.2) is 0 Å². The molecular weight excluding hydrogens is 336 g/mol. The second kappa shape index (κ2) is 6.42. The molecule has 0 radical (unpaired) electrons. The van der Waals surface area contributed by atoms with E-state index in [4.69, 9.17) is 28.9 Å². The van der Waals surface area contributed by atoms with Crippen LogP contribution < -0.4 is 10.6 Å². The topological polar surface area (TPSA) is 95.5 Å². The van der Waals surface area contributed by atoms with E-state index in [0.29, 0.717) is 4.32 Å². The maximum atomic E-state index is 11.9. The number of amides is 2. The summed E-state index contributed by atoms with van der Waals surface area (Å²) in [5.74, 6) is -1.89. The molecule has 1 aromatic carbocycles. The number of carbonyl (C=O) groups is 3. The number of halogens is 1. The number of nitrogens with one attached hydrogen (secondary N) is 2. The molecule has 1 aromatic rings. The molecule has 0 spiro atoms. The van der Waals surface area contributed by atoms with Crippen LogP contribution in [0.15, 0.2) is 18.2 Å². The fourth-order valence-corrected chi connectivity index (χ4v) is 3.08. The Morgan fingerprint density at radius 3 is 2.76 bits per heavy atom. The molecule has 6 nitrogen and oxygen atoms in total. The predicted molar refractivity (Wildman–Crippen MR) is 83.8 cm³/mol. The first-order valence-corrected chi connectivity index (χ1v) is 7.37. The van der Waals surface area contributed by atoms with Crippen LogP contribution in [0.5, 0.6) is 0 Å². The minimum Gasteiger partial charge on any atom is -0.478 e. The number of hydrogen-bond donors (Lipinski definition) is 3. The molecule has 3 N–H and O–H groups in total. The van der Waals surface area contributed by atoms with Gasteiger partial charge in [0.05, 0.1) is 21.5 Å². The molecule has 2 amide bonds. The van der Waals surface area contributed by atoms with Gasteiger partial charge in [-0.3, -0.25) is 9.59 Å². The van der Waals surface area contributed by atoms with E-state index in [1.54, 1.807) is 0 Å². The van der Waals surface area contributed by atoms with Crippen molar-refractivity contribution in [3.8, 4) is 0 Å². The summed E-state index contributed by atoms with van der Waals surface area (Å²) >= 11 is 11.8. The van der Waals surface area contributed by atoms with Crippen molar-refractivity contribution in [2.45, 2.75) is 11.7 Å². The Hall–Kier alpha value is -1.64. The van der Waals surface area contributed by atoms with Crippen LogP contribution in [0, 0.1) is 0 Å². The third-order valence-corrected chi connectivity index (χ3v) is 4.33. The third kappa shape index (κ3) is 3.93. The monoisotopic (exact) mass is 344 g/mol. The van der Waals surface area contributed by atoms with Gasteiger partial charge in [-0.1, -0.05) is 35.6 Å². The number of thioether (sulfide) groups is 1. The SMILES string of the molecule is O=C(C[C@@H]1SC(=S)NC1=O)Nc1cc(C(=O)O)ccc1Cl. The van der Waals surface area contributed by atoms with Crippen LogP contribution in [0.2, 0.25) is 5.02 Å². The lowest BCUT2D eigenvalue weighted by molar-refractivity contribution is -0.122. The van der Waals surface area contributed by atoms with Crippen LogP contribution >= 0.6 is 35.6 Å². The van der Waals surface area contributed by atoms with E-state index in [1.807, 2.05) is 0 Å². The Bertz CT molecular complexity index is 650. The van der Waals surface area contributed by atoms with Gasteiger partial charge in [-0.15, -0.1) is 0 Å². The lowest BCUT2D eigenvalue weighted by atomic mass is 10.2. The maximum Gasteiger partial charge on any atom is 0.335 e. The molecule has 110 valence electrons. The Balaban J connectivity index is 2.06. The second-order valence-corrected chi connectivity index (χ2v) is 6.42. The Labute approximate surface area is 134 Å². The summed E-state index contributed by atoms with van der Waals surface area (Å²) in [5, 5.41) is 13.5. The first kappa shape index (κ1) is 15.7. The predicted octanol–water partition coefficient (Wildman–Crippen LogP) is 1.88. The standard InChI is InChI=1S/C12H9ClN2O4S2/c13-6-2-1-5(11(18)19)3-7(6)14-9(16)4-8-10(17)15-12(20)21-8/h1-3,8H,4H2,(H,14,16)(H,18,19)(H,15,17,20)/t8-/m0/s1. The van der Waals surface area contributed by atoms with E-state index < -0.39 is 17.1 Å². The number of carboxylic acid groups (broad SMARTS) is 1. The summed E-state index contributed by atoms with van der Waals surface area (Å²) in [4.78, 5) is 34.3. The molecule has 1 heterocycles. The van der Waals surface area contributed by atoms with E-state index in [2.05, 4.69) is 10.6 Å². The summed E-state index contributed by atoms with van der Waals surface area (Å²) < 4.78 is 0.337. The van der Waals surface area contributed by atoms with Crippen LogP contribution in [0.1, 0.15) is 16.8 Å². The molecule has 1 saturated heterocycles. The highest BCUT2D eigenvalue weighted by Crippen LogP contribution is 2.26. The normalized spacial score (nSPS) is 17.5. The van der Waals surface area contributed by atoms with Gasteiger partial charge in [0.25, 0.3) is 0 Å². The van der Waals surface area contributed by atoms with Crippen molar-refractivity contribution in [2.24, 2.45) is 0 Å². The maximum absolute atomic E-state index is 11.9. The number of carboxylic acids is 1. The zero-order valence-electron chi connectivity index (χ0n) is 10.4. The molecule has 1 atom stereocenters. The van der Waals surface area contributed by atoms with Crippen LogP contribution in [-0.2, 0) is 9.59 Å². The summed E-state index contributed by atoms with van der Waals surface area (Å²) in [5.41, 5.74) is 0.191. The third-order valence-electron chi connectivity index (χ3n) is 2.63. The highest BCUT2D eigenvalue weighted by molar-refractivity contribution is 8.24. The largest absolute Gasteiger partial charge is 0.478 e. The first-order chi connectivity index (χ1) is 9.86. The molecule has 0 aromatic heterocycles. The molecule has 1 aliphatic rings. The lowest BCUT2D eigenvalue weighted by Gasteiger charge is -2.09. The minimum absolute atomic E-state index is 0.00358. The average Bonchev–Trinajstić information content (AvgIpc) is 2.70. The Morgan fingerprint density at radius 1 is 1.48 bits per heavy atom. The van der Waals surface area contributed by atoms with Crippen molar-refractivity contribution in [2.75, 3.05) is 5.32 Å². The first-order valence-electron chi connectivity index (χ1n) is 5.71. The van der Waals surface area contributed by atoms with E-state index in [9.17, 15) is 14.4 Å². The summed E-state index contributed by atoms with van der Waals surface area (Å²) in [6, 6.07) is 3.97. The van der Waals surface area contributed by atoms with Crippen LogP contribution in [-0.4, -0.2) is 32.5 Å². The highest BCUT2D eigenvalue weighted by Gasteiger charge is 2.31. The molecule has 21 heavy (non-hydrogen) atoms. The minimum atomic E-state index is -1.13. The lowest BCUT2D eigenvalue weighted by Crippen LogP contribution is -2.27. The van der Waals surface area contributed by atoms with Gasteiger partial charge in [0.1, 0.15) is 4.32 Å². The molecular formula is C12H9ClN2O4S2. The van der Waals surface area contributed by atoms with Crippen LogP contribution in [0.4, 0.5) is 5.69 Å². The molecule has 1 fully saturated rings. The van der Waals surface area contributed by atoms with Crippen molar-refractivity contribution in [3.05, 3.63) is 28.8 Å². The zero-order chi connectivity index (χ0) is 15.6. The Morgan fingerprint density at radius 2 is 2.19 bits per heavy atom. The Kier molecular flexibility index (Phi) is 4.81. The highest BCUT2D eigenvalue weighted by atomic mass is 35.5. The van der Waals surface area contributed by atoms with Crippen molar-refractivity contribution >= 4 is 63.4 Å². The van der Waals surface area contributed by atoms with Gasteiger partial charge in [-0.25, -0.2) is 4.79 Å². The summed E-state index contributed by atoms with van der Waals surface area (Å²) in [6.07, 6.45) is -0.0791. The molecule has 0 bridgehead atoms. The van der Waals surface area contributed by atoms with Crippen molar-refractivity contribution in [1.82, 2.24) is 5.32 Å². The number of hydrogen-bond acceptors (Lipinski definition) is 5. The molecule has 0 saturated carbocycles. The van der Waals surface area contributed by atoms with Gasteiger partial charge in [-0.05, 0) is 18.2 Å². The van der Waals surface area contributed by atoms with Gasteiger partial charge >= 0.3 is 5.97 Å². The number of anilines is 1. The number of rotatable bonds is 4. The van der Waals surface area contributed by atoms with E-state index in [0.717, 1.165) is 11.8 Å².